The van der Waals surface area contributed by atoms with Crippen molar-refractivity contribution in [3.05, 3.63) is 0 Å². The Labute approximate surface area is 108 Å². The van der Waals surface area contributed by atoms with Crippen LogP contribution in [0.15, 0.2) is 0 Å². The molecule has 17 heavy (non-hydrogen) atoms. The van der Waals surface area contributed by atoms with Gasteiger partial charge in [-0.1, -0.05) is 33.6 Å². The Bertz CT molecular complexity index is 233. The largest absolute Gasteiger partial charge is 0.417 e. The molecule has 1 rings (SSSR count). The van der Waals surface area contributed by atoms with Crippen molar-refractivity contribution in [3.8, 4) is 0 Å². The van der Waals surface area contributed by atoms with Gasteiger partial charge in [0.1, 0.15) is 0 Å². The van der Waals surface area contributed by atoms with Gasteiger partial charge in [-0.25, -0.2) is 0 Å². The molecule has 0 spiro atoms. The zero-order valence-corrected chi connectivity index (χ0v) is 13.3. The number of hydrogen-bond acceptors (Lipinski definition) is 2. The molecule has 0 radical (unpaired) electrons. The first-order chi connectivity index (χ1) is 7.78. The van der Waals surface area contributed by atoms with Gasteiger partial charge in [0.25, 0.3) is 0 Å². The summed E-state index contributed by atoms with van der Waals surface area (Å²) in [6.07, 6.45) is 5.01. The van der Waals surface area contributed by atoms with E-state index in [1.807, 2.05) is 0 Å². The lowest BCUT2D eigenvalue weighted by Crippen LogP contribution is -2.43. The number of rotatable bonds is 4. The van der Waals surface area contributed by atoms with E-state index >= 15 is 0 Å². The van der Waals surface area contributed by atoms with Crippen LogP contribution in [0.3, 0.4) is 0 Å². The van der Waals surface area contributed by atoms with Crippen molar-refractivity contribution in [3.63, 3.8) is 0 Å². The van der Waals surface area contributed by atoms with E-state index in [4.69, 9.17) is 4.43 Å². The molecule has 102 valence electrons. The molecule has 0 aromatic carbocycles. The van der Waals surface area contributed by atoms with E-state index in [-0.39, 0.29) is 5.04 Å². The molecule has 1 aliphatic rings. The van der Waals surface area contributed by atoms with E-state index in [2.05, 4.69) is 33.9 Å². The summed E-state index contributed by atoms with van der Waals surface area (Å²) in [4.78, 5) is 0. The van der Waals surface area contributed by atoms with Crippen LogP contribution in [0, 0.1) is 11.8 Å². The lowest BCUT2D eigenvalue weighted by atomic mass is 9.80. The van der Waals surface area contributed by atoms with Crippen LogP contribution in [-0.4, -0.2) is 26.6 Å². The standard InChI is InChI=1S/C14H30O2Si/c1-14(2,3)17(4,5)16-11-13-9-7-6-8-12(13)10-15/h12-13,15H,6-11H2,1-5H3/t12-,13+/m0/s1. The Morgan fingerprint density at radius 2 is 1.65 bits per heavy atom. The van der Waals surface area contributed by atoms with Gasteiger partial charge in [-0.05, 0) is 42.8 Å². The van der Waals surface area contributed by atoms with Crippen molar-refractivity contribution in [2.75, 3.05) is 13.2 Å². The molecule has 0 aliphatic heterocycles. The average Bonchev–Trinajstić information content (AvgIpc) is 2.25. The summed E-state index contributed by atoms with van der Waals surface area (Å²) >= 11 is 0. The number of aliphatic hydroxyl groups excluding tert-OH is 1. The van der Waals surface area contributed by atoms with Crippen LogP contribution >= 0.6 is 0 Å². The first kappa shape index (κ1) is 15.2. The third kappa shape index (κ3) is 4.07. The Hall–Kier alpha value is 0.137. The minimum absolute atomic E-state index is 0.288. The summed E-state index contributed by atoms with van der Waals surface area (Å²) in [6.45, 7) is 12.7. The van der Waals surface area contributed by atoms with Gasteiger partial charge >= 0.3 is 0 Å². The third-order valence-electron chi connectivity index (χ3n) is 4.77. The quantitative estimate of drug-likeness (QED) is 0.777. The van der Waals surface area contributed by atoms with Gasteiger partial charge in [-0.3, -0.25) is 0 Å². The fourth-order valence-corrected chi connectivity index (χ4v) is 3.34. The molecule has 0 amide bonds. The lowest BCUT2D eigenvalue weighted by Gasteiger charge is -2.39. The lowest BCUT2D eigenvalue weighted by molar-refractivity contribution is 0.0904. The van der Waals surface area contributed by atoms with Crippen molar-refractivity contribution in [1.82, 2.24) is 0 Å². The SMILES string of the molecule is CC(C)(C)[Si](C)(C)OC[C@H]1CCCC[C@H]1CO. The van der Waals surface area contributed by atoms with E-state index in [0.29, 0.717) is 18.4 Å². The first-order valence-electron chi connectivity index (χ1n) is 7.03. The predicted octanol–water partition coefficient (Wildman–Crippen LogP) is 3.81. The third-order valence-corrected chi connectivity index (χ3v) is 9.27. The fraction of sp³-hybridized carbons (Fsp3) is 1.00. The minimum Gasteiger partial charge on any atom is -0.417 e. The van der Waals surface area contributed by atoms with Gasteiger partial charge in [0, 0.05) is 13.2 Å². The van der Waals surface area contributed by atoms with Crippen molar-refractivity contribution >= 4 is 8.32 Å². The van der Waals surface area contributed by atoms with Crippen LogP contribution in [0.2, 0.25) is 18.1 Å². The van der Waals surface area contributed by atoms with Crippen LogP contribution in [0.4, 0.5) is 0 Å². The van der Waals surface area contributed by atoms with Gasteiger partial charge in [0.15, 0.2) is 8.32 Å². The maximum absolute atomic E-state index is 9.41. The molecule has 0 aromatic rings. The first-order valence-corrected chi connectivity index (χ1v) is 9.93. The van der Waals surface area contributed by atoms with Crippen molar-refractivity contribution in [1.29, 1.82) is 0 Å². The topological polar surface area (TPSA) is 29.5 Å². The summed E-state index contributed by atoms with van der Waals surface area (Å²) in [5, 5.41) is 9.69. The maximum atomic E-state index is 9.41. The molecule has 2 atom stereocenters. The highest BCUT2D eigenvalue weighted by molar-refractivity contribution is 6.74. The minimum atomic E-state index is -1.61. The monoisotopic (exact) mass is 258 g/mol. The molecule has 0 unspecified atom stereocenters. The highest BCUT2D eigenvalue weighted by atomic mass is 28.4. The summed E-state index contributed by atoms with van der Waals surface area (Å²) in [5.74, 6) is 1.07. The molecule has 3 heteroatoms. The Kier molecular flexibility index (Phi) is 5.23. The Balaban J connectivity index is 2.49. The molecule has 1 saturated carbocycles. The molecule has 1 aliphatic carbocycles. The second kappa shape index (κ2) is 5.85. The molecule has 1 N–H and O–H groups in total. The molecule has 0 bridgehead atoms. The maximum Gasteiger partial charge on any atom is 0.191 e. The Morgan fingerprint density at radius 1 is 1.12 bits per heavy atom. The Morgan fingerprint density at radius 3 is 2.12 bits per heavy atom. The normalized spacial score (nSPS) is 27.2. The molecule has 2 nitrogen and oxygen atoms in total. The zero-order valence-electron chi connectivity index (χ0n) is 12.3. The van der Waals surface area contributed by atoms with Crippen LogP contribution in [0.5, 0.6) is 0 Å². The number of aliphatic hydroxyl groups is 1. The van der Waals surface area contributed by atoms with Crippen molar-refractivity contribution < 1.29 is 9.53 Å². The highest BCUT2D eigenvalue weighted by Gasteiger charge is 2.38. The highest BCUT2D eigenvalue weighted by Crippen LogP contribution is 2.38. The van der Waals surface area contributed by atoms with Gasteiger partial charge in [0.2, 0.25) is 0 Å². The van der Waals surface area contributed by atoms with Crippen LogP contribution in [0.25, 0.3) is 0 Å². The van der Waals surface area contributed by atoms with E-state index in [1.165, 1.54) is 25.7 Å². The van der Waals surface area contributed by atoms with Crippen molar-refractivity contribution in [2.45, 2.75) is 64.6 Å². The van der Waals surface area contributed by atoms with Crippen LogP contribution < -0.4 is 0 Å². The van der Waals surface area contributed by atoms with E-state index in [0.717, 1.165) is 6.61 Å². The molecule has 0 aromatic heterocycles. The fourth-order valence-electron chi connectivity index (χ4n) is 2.28. The second-order valence-corrected chi connectivity index (χ2v) is 11.9. The summed E-state index contributed by atoms with van der Waals surface area (Å²) in [6, 6.07) is 0. The average molecular weight is 258 g/mol. The molecular formula is C14H30O2Si. The molecule has 0 heterocycles. The van der Waals surface area contributed by atoms with Gasteiger partial charge in [-0.15, -0.1) is 0 Å². The molecule has 0 saturated heterocycles. The van der Waals surface area contributed by atoms with E-state index in [1.54, 1.807) is 0 Å². The molecular weight excluding hydrogens is 228 g/mol. The predicted molar refractivity (Wildman–Crippen MR) is 75.7 cm³/mol. The van der Waals surface area contributed by atoms with Gasteiger partial charge in [-0.2, -0.15) is 0 Å². The summed E-state index contributed by atoms with van der Waals surface area (Å²) in [7, 11) is -1.61. The molecule has 1 fully saturated rings. The van der Waals surface area contributed by atoms with Crippen molar-refractivity contribution in [2.24, 2.45) is 11.8 Å². The zero-order chi connectivity index (χ0) is 13.1. The van der Waals surface area contributed by atoms with Crippen LogP contribution in [0.1, 0.15) is 46.5 Å². The van der Waals surface area contributed by atoms with Gasteiger partial charge in [0.05, 0.1) is 0 Å². The summed E-state index contributed by atoms with van der Waals surface area (Å²) < 4.78 is 6.29. The smallest absolute Gasteiger partial charge is 0.191 e. The number of hydrogen-bond donors (Lipinski definition) is 1. The van der Waals surface area contributed by atoms with Gasteiger partial charge < -0.3 is 9.53 Å². The summed E-state index contributed by atoms with van der Waals surface area (Å²) in [5.41, 5.74) is 0. The van der Waals surface area contributed by atoms with Crippen LogP contribution in [-0.2, 0) is 4.43 Å². The van der Waals surface area contributed by atoms with E-state index in [9.17, 15) is 5.11 Å². The van der Waals surface area contributed by atoms with E-state index < -0.39 is 8.32 Å². The second-order valence-electron chi connectivity index (χ2n) is 7.06.